The molecule has 1 atom stereocenters. The van der Waals surface area contributed by atoms with E-state index >= 15 is 0 Å². The fourth-order valence-corrected chi connectivity index (χ4v) is 2.67. The van der Waals surface area contributed by atoms with E-state index in [2.05, 4.69) is 10.2 Å². The Kier molecular flexibility index (Phi) is 4.92. The van der Waals surface area contributed by atoms with Gasteiger partial charge in [0, 0.05) is 12.6 Å². The number of halogens is 1. The molecule has 0 aliphatic carbocycles. The lowest BCUT2D eigenvalue weighted by Crippen LogP contribution is -2.47. The van der Waals surface area contributed by atoms with Gasteiger partial charge in [-0.1, -0.05) is 6.92 Å². The summed E-state index contributed by atoms with van der Waals surface area (Å²) in [4.78, 5) is 24.5. The number of nitro benzene ring substituents is 1. The van der Waals surface area contributed by atoms with Gasteiger partial charge in [0.25, 0.3) is 11.6 Å². The second-order valence-corrected chi connectivity index (χ2v) is 5.35. The molecule has 0 aromatic heterocycles. The Balaban J connectivity index is 2.17. The van der Waals surface area contributed by atoms with E-state index in [9.17, 15) is 19.3 Å². The van der Waals surface area contributed by atoms with Gasteiger partial charge in [0.05, 0.1) is 16.6 Å². The first-order valence-electron chi connectivity index (χ1n) is 7.19. The lowest BCUT2D eigenvalue weighted by atomic mass is 10.0. The van der Waals surface area contributed by atoms with E-state index in [1.165, 1.54) is 0 Å². The zero-order valence-electron chi connectivity index (χ0n) is 12.3. The molecule has 1 saturated heterocycles. The number of amides is 1. The molecule has 0 bridgehead atoms. The number of hydrogen-bond donors (Lipinski definition) is 2. The standard InChI is InChI=1S/C14H19FN4O3/c1-2-18-5-3-4-10(8-18)17-14(20)11-6-9(15)7-12(13(11)16)19(21)22/h6-7,10H,2-5,8,16H2,1H3,(H,17,20). The van der Waals surface area contributed by atoms with E-state index in [1.807, 2.05) is 6.92 Å². The first-order valence-corrected chi connectivity index (χ1v) is 7.19. The molecule has 1 aromatic carbocycles. The van der Waals surface area contributed by atoms with E-state index < -0.39 is 22.3 Å². The van der Waals surface area contributed by atoms with Crippen LogP contribution in [0.5, 0.6) is 0 Å². The van der Waals surface area contributed by atoms with Crippen LogP contribution in [0.25, 0.3) is 0 Å². The molecule has 0 saturated carbocycles. The number of benzene rings is 1. The Labute approximate surface area is 127 Å². The SMILES string of the molecule is CCN1CCCC(NC(=O)c2cc(F)cc([N+](=O)[O-])c2N)C1. The molecule has 1 amide bonds. The molecule has 0 radical (unpaired) electrons. The highest BCUT2D eigenvalue weighted by Gasteiger charge is 2.25. The highest BCUT2D eigenvalue weighted by Crippen LogP contribution is 2.27. The quantitative estimate of drug-likeness (QED) is 0.499. The van der Waals surface area contributed by atoms with Gasteiger partial charge in [0.2, 0.25) is 0 Å². The van der Waals surface area contributed by atoms with Crippen molar-refractivity contribution < 1.29 is 14.1 Å². The molecule has 8 heteroatoms. The Bertz CT molecular complexity index is 594. The summed E-state index contributed by atoms with van der Waals surface area (Å²) in [7, 11) is 0. The first-order chi connectivity index (χ1) is 10.4. The Morgan fingerprint density at radius 3 is 2.95 bits per heavy atom. The number of hydrogen-bond acceptors (Lipinski definition) is 5. The number of nitrogens with two attached hydrogens (primary N) is 1. The van der Waals surface area contributed by atoms with Crippen molar-refractivity contribution in [1.29, 1.82) is 0 Å². The number of rotatable bonds is 4. The van der Waals surface area contributed by atoms with Crippen molar-refractivity contribution in [1.82, 2.24) is 10.2 Å². The molecule has 120 valence electrons. The topological polar surface area (TPSA) is 102 Å². The summed E-state index contributed by atoms with van der Waals surface area (Å²) < 4.78 is 13.5. The van der Waals surface area contributed by atoms with Crippen LogP contribution in [-0.2, 0) is 0 Å². The maximum atomic E-state index is 13.5. The predicted octanol–water partition coefficient (Wildman–Crippen LogP) is 1.53. The number of nitrogens with zero attached hydrogens (tertiary/aromatic N) is 2. The van der Waals surface area contributed by atoms with Crippen molar-refractivity contribution in [2.45, 2.75) is 25.8 Å². The van der Waals surface area contributed by atoms with Gasteiger partial charge in [-0.25, -0.2) is 4.39 Å². The molecule has 1 aromatic rings. The van der Waals surface area contributed by atoms with Crippen LogP contribution in [0, 0.1) is 15.9 Å². The molecule has 0 spiro atoms. The minimum atomic E-state index is -0.857. The molecule has 22 heavy (non-hydrogen) atoms. The maximum Gasteiger partial charge on any atom is 0.295 e. The van der Waals surface area contributed by atoms with E-state index in [1.54, 1.807) is 0 Å². The number of nitrogens with one attached hydrogen (secondary N) is 1. The zero-order chi connectivity index (χ0) is 16.3. The zero-order valence-corrected chi connectivity index (χ0v) is 12.3. The lowest BCUT2D eigenvalue weighted by molar-refractivity contribution is -0.384. The van der Waals surface area contributed by atoms with Gasteiger partial charge in [-0.2, -0.15) is 0 Å². The van der Waals surface area contributed by atoms with Crippen LogP contribution in [0.1, 0.15) is 30.1 Å². The average molecular weight is 310 g/mol. The van der Waals surface area contributed by atoms with Crippen molar-refractivity contribution in [2.24, 2.45) is 0 Å². The van der Waals surface area contributed by atoms with Gasteiger partial charge in [-0.3, -0.25) is 14.9 Å². The van der Waals surface area contributed by atoms with Crippen molar-refractivity contribution >= 4 is 17.3 Å². The number of nitro groups is 1. The highest BCUT2D eigenvalue weighted by atomic mass is 19.1. The monoisotopic (exact) mass is 310 g/mol. The van der Waals surface area contributed by atoms with Gasteiger partial charge in [0.15, 0.2) is 0 Å². The van der Waals surface area contributed by atoms with Gasteiger partial charge in [-0.15, -0.1) is 0 Å². The predicted molar refractivity (Wildman–Crippen MR) is 80.1 cm³/mol. The van der Waals surface area contributed by atoms with Gasteiger partial charge in [-0.05, 0) is 32.0 Å². The van der Waals surface area contributed by atoms with Gasteiger partial charge >= 0.3 is 0 Å². The van der Waals surface area contributed by atoms with Gasteiger partial charge < -0.3 is 16.0 Å². The summed E-state index contributed by atoms with van der Waals surface area (Å²) in [6, 6.07) is 1.58. The van der Waals surface area contributed by atoms with Crippen LogP contribution in [0.2, 0.25) is 0 Å². The molecule has 2 rings (SSSR count). The van der Waals surface area contributed by atoms with E-state index in [-0.39, 0.29) is 17.3 Å². The van der Waals surface area contributed by atoms with Crippen LogP contribution in [0.3, 0.4) is 0 Å². The third kappa shape index (κ3) is 3.51. The van der Waals surface area contributed by atoms with Crippen LogP contribution >= 0.6 is 0 Å². The second-order valence-electron chi connectivity index (χ2n) is 5.35. The van der Waals surface area contributed by atoms with Crippen LogP contribution in [0.4, 0.5) is 15.8 Å². The molecular formula is C14H19FN4O3. The second kappa shape index (κ2) is 6.69. The molecular weight excluding hydrogens is 291 g/mol. The molecule has 7 nitrogen and oxygen atoms in total. The van der Waals surface area contributed by atoms with Crippen molar-refractivity contribution in [3.8, 4) is 0 Å². The lowest BCUT2D eigenvalue weighted by Gasteiger charge is -2.32. The number of carbonyl (C=O) groups is 1. The van der Waals surface area contributed by atoms with E-state index in [4.69, 9.17) is 5.73 Å². The number of anilines is 1. The fourth-order valence-electron chi connectivity index (χ4n) is 2.67. The highest BCUT2D eigenvalue weighted by molar-refractivity contribution is 6.01. The molecule has 1 aliphatic rings. The summed E-state index contributed by atoms with van der Waals surface area (Å²) in [5, 5.41) is 13.6. The van der Waals surface area contributed by atoms with E-state index in [0.717, 1.165) is 32.0 Å². The van der Waals surface area contributed by atoms with Crippen molar-refractivity contribution in [3.05, 3.63) is 33.6 Å². The molecule has 1 fully saturated rings. The smallest absolute Gasteiger partial charge is 0.295 e. The maximum absolute atomic E-state index is 13.5. The summed E-state index contributed by atoms with van der Waals surface area (Å²) in [6.45, 7) is 4.62. The third-order valence-electron chi connectivity index (χ3n) is 3.85. The van der Waals surface area contributed by atoms with Gasteiger partial charge in [0.1, 0.15) is 11.5 Å². The average Bonchev–Trinajstić information content (AvgIpc) is 2.49. The minimum Gasteiger partial charge on any atom is -0.393 e. The van der Waals surface area contributed by atoms with Crippen LogP contribution in [0.15, 0.2) is 12.1 Å². The van der Waals surface area contributed by atoms with E-state index in [0.29, 0.717) is 12.6 Å². The van der Waals surface area contributed by atoms with Crippen LogP contribution < -0.4 is 11.1 Å². The number of nitrogen functional groups attached to an aromatic ring is 1. The third-order valence-corrected chi connectivity index (χ3v) is 3.85. The Morgan fingerprint density at radius 2 is 2.32 bits per heavy atom. The largest absolute Gasteiger partial charge is 0.393 e. The molecule has 1 aliphatic heterocycles. The molecule has 1 heterocycles. The summed E-state index contributed by atoms with van der Waals surface area (Å²) >= 11 is 0. The molecule has 3 N–H and O–H groups in total. The normalized spacial score (nSPS) is 18.9. The number of likely N-dealkylation sites (tertiary alicyclic amines) is 1. The minimum absolute atomic E-state index is 0.0667. The summed E-state index contributed by atoms with van der Waals surface area (Å²) in [6.07, 6.45) is 1.77. The molecule has 1 unspecified atom stereocenters. The first kappa shape index (κ1) is 16.2. The van der Waals surface area contributed by atoms with Crippen molar-refractivity contribution in [2.75, 3.05) is 25.4 Å². The Hall–Kier alpha value is -2.22. The number of likely N-dealkylation sites (N-methyl/N-ethyl adjacent to an activating group) is 1. The van der Waals surface area contributed by atoms with Crippen molar-refractivity contribution in [3.63, 3.8) is 0 Å². The fraction of sp³-hybridized carbons (Fsp3) is 0.500. The Morgan fingerprint density at radius 1 is 1.59 bits per heavy atom. The summed E-state index contributed by atoms with van der Waals surface area (Å²) in [5.41, 5.74) is 4.53. The number of piperidine rings is 1. The number of carbonyl (C=O) groups excluding carboxylic acids is 1. The van der Waals surface area contributed by atoms with Crippen LogP contribution in [-0.4, -0.2) is 41.4 Å². The summed E-state index contributed by atoms with van der Waals surface area (Å²) in [5.74, 6) is -1.44.